The Hall–Kier alpha value is -3.29. The average Bonchev–Trinajstić information content (AvgIpc) is 0.797. The SMILES string of the molecule is CC/C=C\C/C=C\C/C=C\C/C=C\C/C=C\C/C=C\C/C=C\CCCCCC(=O)NC(COC1OC(CO)C(OC2OC(CO)C(OC3OC(CO)C(O)C(O)C3O)C(O)C2O)C(O)C1O)C(O)/C=C/CCCCCCCCCCCCCCCCCCCCCCCCCCC. The molecule has 0 aromatic rings. The third kappa shape index (κ3) is 39.1. The predicted octanol–water partition coefficient (Wildman–Crippen LogP) is 11.6. The highest BCUT2D eigenvalue weighted by Crippen LogP contribution is 2.33. The molecule has 3 heterocycles. The predicted molar refractivity (Wildman–Crippen MR) is 383 cm³/mol. The van der Waals surface area contributed by atoms with Gasteiger partial charge in [-0.25, -0.2) is 0 Å². The number of hydrogen-bond donors (Lipinski definition) is 12. The summed E-state index contributed by atoms with van der Waals surface area (Å²) in [4.78, 5) is 13.4. The van der Waals surface area contributed by atoms with Crippen molar-refractivity contribution in [1.82, 2.24) is 5.32 Å². The van der Waals surface area contributed by atoms with E-state index in [0.717, 1.165) is 89.9 Å². The van der Waals surface area contributed by atoms with Gasteiger partial charge in [0.25, 0.3) is 0 Å². The monoisotopic (exact) mass is 1370 g/mol. The molecule has 3 fully saturated rings. The van der Waals surface area contributed by atoms with Crippen molar-refractivity contribution in [2.24, 2.45) is 0 Å². The number of aliphatic hydroxyl groups excluding tert-OH is 11. The number of ether oxygens (including phenoxy) is 6. The van der Waals surface area contributed by atoms with E-state index in [0.29, 0.717) is 6.42 Å². The molecule has 0 saturated carbocycles. The summed E-state index contributed by atoms with van der Waals surface area (Å²) in [7, 11) is 0. The fourth-order valence-corrected chi connectivity index (χ4v) is 12.3. The molecule has 3 rings (SSSR count). The van der Waals surface area contributed by atoms with E-state index in [1.54, 1.807) is 6.08 Å². The highest BCUT2D eigenvalue weighted by atomic mass is 16.8. The Balaban J connectivity index is 1.43. The Bertz CT molecular complexity index is 2130. The van der Waals surface area contributed by atoms with Crippen molar-refractivity contribution in [1.29, 1.82) is 0 Å². The van der Waals surface area contributed by atoms with Crippen molar-refractivity contribution in [3.05, 3.63) is 97.2 Å². The molecular weight excluding hydrogens is 1240 g/mol. The van der Waals surface area contributed by atoms with Gasteiger partial charge in [0.05, 0.1) is 38.6 Å². The quantitative estimate of drug-likeness (QED) is 0.0199. The summed E-state index contributed by atoms with van der Waals surface area (Å²) in [6.45, 7) is 1.61. The van der Waals surface area contributed by atoms with Gasteiger partial charge in [0.1, 0.15) is 73.2 Å². The molecule has 1 amide bonds. The van der Waals surface area contributed by atoms with Crippen molar-refractivity contribution in [2.75, 3.05) is 26.4 Å². The smallest absolute Gasteiger partial charge is 0.220 e. The van der Waals surface area contributed by atoms with Crippen LogP contribution in [0.25, 0.3) is 0 Å². The van der Waals surface area contributed by atoms with Crippen LogP contribution in [-0.2, 0) is 33.2 Å². The zero-order chi connectivity index (χ0) is 70.4. The van der Waals surface area contributed by atoms with E-state index < -0.39 is 124 Å². The maximum Gasteiger partial charge on any atom is 0.220 e. The highest BCUT2D eigenvalue weighted by molar-refractivity contribution is 5.76. The van der Waals surface area contributed by atoms with Gasteiger partial charge >= 0.3 is 0 Å². The van der Waals surface area contributed by atoms with Crippen LogP contribution < -0.4 is 5.32 Å². The molecule has 0 spiro atoms. The van der Waals surface area contributed by atoms with E-state index in [1.807, 2.05) is 6.08 Å². The van der Waals surface area contributed by atoms with Crippen LogP contribution in [0.5, 0.6) is 0 Å². The van der Waals surface area contributed by atoms with Gasteiger partial charge in [-0.1, -0.05) is 272 Å². The lowest BCUT2D eigenvalue weighted by atomic mass is 9.96. The first kappa shape index (κ1) is 87.9. The Morgan fingerprint density at radius 2 is 0.711 bits per heavy atom. The van der Waals surface area contributed by atoms with Gasteiger partial charge in [-0.2, -0.15) is 0 Å². The summed E-state index contributed by atoms with van der Waals surface area (Å²) in [5.74, 6) is -0.309. The summed E-state index contributed by atoms with van der Waals surface area (Å²) >= 11 is 0. The van der Waals surface area contributed by atoms with Crippen LogP contribution in [-0.4, -0.2) is 193 Å². The first-order valence-corrected chi connectivity index (χ1v) is 38.0. The van der Waals surface area contributed by atoms with Crippen molar-refractivity contribution < 1.29 is 89.4 Å². The van der Waals surface area contributed by atoms with Gasteiger partial charge in [0.2, 0.25) is 5.91 Å². The minimum Gasteiger partial charge on any atom is -0.394 e. The maximum atomic E-state index is 13.4. The second-order valence-corrected chi connectivity index (χ2v) is 26.7. The van der Waals surface area contributed by atoms with E-state index in [-0.39, 0.29) is 18.9 Å². The highest BCUT2D eigenvalue weighted by Gasteiger charge is 2.53. The minimum absolute atomic E-state index is 0.198. The van der Waals surface area contributed by atoms with Crippen molar-refractivity contribution >= 4 is 5.91 Å². The number of hydrogen-bond acceptors (Lipinski definition) is 18. The molecule has 0 bridgehead atoms. The van der Waals surface area contributed by atoms with Crippen LogP contribution in [0.4, 0.5) is 0 Å². The molecule has 3 aliphatic rings. The number of unbranched alkanes of at least 4 members (excludes halogenated alkanes) is 28. The third-order valence-electron chi connectivity index (χ3n) is 18.4. The molecule has 0 aromatic carbocycles. The molecule has 19 heteroatoms. The van der Waals surface area contributed by atoms with Gasteiger partial charge in [-0.05, 0) is 77.0 Å². The Labute approximate surface area is 583 Å². The number of allylic oxidation sites excluding steroid dienone is 15. The normalized spacial score (nSPS) is 27.5. The van der Waals surface area contributed by atoms with E-state index in [9.17, 15) is 61.0 Å². The van der Waals surface area contributed by atoms with Gasteiger partial charge in [0.15, 0.2) is 18.9 Å². The lowest BCUT2D eigenvalue weighted by molar-refractivity contribution is -0.379. The molecule has 560 valence electrons. The number of amides is 1. The van der Waals surface area contributed by atoms with Gasteiger partial charge in [-0.15, -0.1) is 0 Å². The molecule has 0 aromatic heterocycles. The minimum atomic E-state index is -1.99. The van der Waals surface area contributed by atoms with Gasteiger partial charge in [-0.3, -0.25) is 4.79 Å². The molecule has 0 aliphatic carbocycles. The lowest BCUT2D eigenvalue weighted by Gasteiger charge is -2.48. The molecule has 3 aliphatic heterocycles. The molecule has 17 atom stereocenters. The third-order valence-corrected chi connectivity index (χ3v) is 18.4. The standard InChI is InChI=1S/C78H135NO18/c1-3-5-7-9-11-13-15-17-19-21-23-25-27-29-30-32-33-35-37-39-41-43-45-47-49-51-53-55-62(83)61(79-66(84)56-54-52-50-48-46-44-42-40-38-36-34-31-28-26-24-22-20-18-16-14-12-10-8-6-4-2)60-92-76-72(90)69(87)74(64(58-81)94-76)97-78-73(91)70(88)75(65(59-82)95-78)96-77-71(89)68(86)67(85)63(57-80)93-77/h6,8,12,14,18,20,24,26,31,34,38,40,44,46,53,55,61-65,67-78,80-83,85-91H,3-5,7,9-11,13,15-17,19,21-23,25,27-30,32-33,35-37,39,41-43,45,47-52,54,56-60H2,1-2H3,(H,79,84)/b8-6-,14-12-,20-18-,26-24-,34-31-,40-38-,46-44-,55-53+. The van der Waals surface area contributed by atoms with E-state index >= 15 is 0 Å². The summed E-state index contributed by atoms with van der Waals surface area (Å²) in [6, 6.07) is -1.000. The van der Waals surface area contributed by atoms with Crippen molar-refractivity contribution in [2.45, 2.75) is 362 Å². The van der Waals surface area contributed by atoms with Crippen LogP contribution in [0.15, 0.2) is 97.2 Å². The fourth-order valence-electron chi connectivity index (χ4n) is 12.3. The fraction of sp³-hybridized carbons (Fsp3) is 0.782. The van der Waals surface area contributed by atoms with Crippen LogP contribution in [0, 0.1) is 0 Å². The molecule has 19 nitrogen and oxygen atoms in total. The Kier molecular flexibility index (Phi) is 52.8. The first-order valence-electron chi connectivity index (χ1n) is 38.0. The largest absolute Gasteiger partial charge is 0.394 e. The molecular formula is C78H135NO18. The number of carbonyl (C=O) groups excluding carboxylic acids is 1. The molecule has 12 N–H and O–H groups in total. The van der Waals surface area contributed by atoms with E-state index in [1.165, 1.54) is 141 Å². The zero-order valence-corrected chi connectivity index (χ0v) is 59.5. The number of rotatable bonds is 58. The molecule has 0 radical (unpaired) electrons. The number of nitrogens with one attached hydrogen (secondary N) is 1. The maximum absolute atomic E-state index is 13.4. The van der Waals surface area contributed by atoms with E-state index in [2.05, 4.69) is 104 Å². The van der Waals surface area contributed by atoms with Crippen LogP contribution in [0.3, 0.4) is 0 Å². The molecule has 97 heavy (non-hydrogen) atoms. The zero-order valence-electron chi connectivity index (χ0n) is 59.5. The molecule has 17 unspecified atom stereocenters. The van der Waals surface area contributed by atoms with Crippen LogP contribution in [0.2, 0.25) is 0 Å². The summed E-state index contributed by atoms with van der Waals surface area (Å²) in [5.41, 5.74) is 0. The van der Waals surface area contributed by atoms with Crippen LogP contribution >= 0.6 is 0 Å². The van der Waals surface area contributed by atoms with Crippen molar-refractivity contribution in [3.8, 4) is 0 Å². The summed E-state index contributed by atoms with van der Waals surface area (Å²) in [5, 5.41) is 121. The van der Waals surface area contributed by atoms with Gasteiger partial charge in [0, 0.05) is 6.42 Å². The first-order chi connectivity index (χ1) is 47.3. The van der Waals surface area contributed by atoms with Crippen molar-refractivity contribution in [3.63, 3.8) is 0 Å². The lowest BCUT2D eigenvalue weighted by Crippen LogP contribution is -2.66. The average molecular weight is 1370 g/mol. The summed E-state index contributed by atoms with van der Waals surface area (Å²) < 4.78 is 34.4. The Morgan fingerprint density at radius 1 is 0.381 bits per heavy atom. The summed E-state index contributed by atoms with van der Waals surface area (Å²) in [6.07, 6.45) is 50.9. The topological polar surface area (TPSA) is 307 Å². The number of aliphatic hydroxyl groups is 11. The molecule has 3 saturated heterocycles. The van der Waals surface area contributed by atoms with Crippen LogP contribution in [0.1, 0.15) is 258 Å². The van der Waals surface area contributed by atoms with E-state index in [4.69, 9.17) is 28.4 Å². The number of carbonyl (C=O) groups is 1. The second-order valence-electron chi connectivity index (χ2n) is 26.7. The second kappa shape index (κ2) is 58.2. The van der Waals surface area contributed by atoms with Gasteiger partial charge < -0.3 is 89.9 Å². The Morgan fingerprint density at radius 3 is 1.11 bits per heavy atom.